The van der Waals surface area contributed by atoms with E-state index in [2.05, 4.69) is 30.1 Å². The number of nitrogens with zero attached hydrogens (tertiary/aromatic N) is 1. The molecule has 1 aromatic heterocycles. The molecule has 27 heavy (non-hydrogen) atoms. The fourth-order valence-corrected chi connectivity index (χ4v) is 3.68. The number of hydrogen-bond donors (Lipinski definition) is 1. The van der Waals surface area contributed by atoms with Crippen LogP contribution in [-0.2, 0) is 6.42 Å². The Balaban J connectivity index is 1.93. The van der Waals surface area contributed by atoms with Crippen LogP contribution in [0.25, 0.3) is 11.1 Å². The van der Waals surface area contributed by atoms with Crippen molar-refractivity contribution in [1.82, 2.24) is 4.98 Å². The normalized spacial score (nSPS) is 13.7. The zero-order valence-corrected chi connectivity index (χ0v) is 15.8. The summed E-state index contributed by atoms with van der Waals surface area (Å²) in [6.45, 7) is 2.90. The molecule has 2 aromatic carbocycles. The molecule has 4 heteroatoms. The molecular formula is C23H20ClNO2. The monoisotopic (exact) mass is 377 g/mol. The summed E-state index contributed by atoms with van der Waals surface area (Å²) < 4.78 is 5.65. The third kappa shape index (κ3) is 3.56. The maximum Gasteiger partial charge on any atom is 0.129 e. The molecule has 1 aliphatic heterocycles. The van der Waals surface area contributed by atoms with E-state index in [4.69, 9.17) is 16.3 Å². The molecule has 4 rings (SSSR count). The predicted octanol–water partition coefficient (Wildman–Crippen LogP) is 5.74. The van der Waals surface area contributed by atoms with Crippen LogP contribution in [0, 0.1) is 0 Å². The van der Waals surface area contributed by atoms with Crippen LogP contribution < -0.4 is 4.74 Å². The highest BCUT2D eigenvalue weighted by Crippen LogP contribution is 2.37. The average molecular weight is 378 g/mol. The first-order valence-electron chi connectivity index (χ1n) is 9.06. The third-order valence-corrected chi connectivity index (χ3v) is 5.09. The van der Waals surface area contributed by atoms with E-state index in [0.717, 1.165) is 41.9 Å². The number of hydrogen-bond acceptors (Lipinski definition) is 3. The smallest absolute Gasteiger partial charge is 0.129 e. The molecule has 0 aliphatic carbocycles. The minimum atomic E-state index is 0.250. The van der Waals surface area contributed by atoms with Gasteiger partial charge < -0.3 is 9.84 Å². The van der Waals surface area contributed by atoms with Gasteiger partial charge in [-0.25, -0.2) is 4.98 Å². The van der Waals surface area contributed by atoms with E-state index in [9.17, 15) is 5.11 Å². The minimum absolute atomic E-state index is 0.250. The second-order valence-corrected chi connectivity index (χ2v) is 6.93. The Hall–Kier alpha value is -2.78. The summed E-state index contributed by atoms with van der Waals surface area (Å²) >= 11 is 6.00. The van der Waals surface area contributed by atoms with Gasteiger partial charge in [0.25, 0.3) is 0 Å². The fraction of sp³-hybridized carbons (Fsp3) is 0.174. The summed E-state index contributed by atoms with van der Waals surface area (Å²) in [6, 6.07) is 17.5. The Morgan fingerprint density at radius 2 is 1.78 bits per heavy atom. The van der Waals surface area contributed by atoms with E-state index in [1.165, 1.54) is 16.7 Å². The van der Waals surface area contributed by atoms with E-state index in [1.807, 2.05) is 18.2 Å². The Labute approximate surface area is 163 Å². The number of phenols is 1. The highest BCUT2D eigenvalue weighted by molar-refractivity contribution is 6.29. The van der Waals surface area contributed by atoms with Gasteiger partial charge >= 0.3 is 0 Å². The van der Waals surface area contributed by atoms with Crippen LogP contribution >= 0.6 is 11.6 Å². The molecule has 0 saturated heterocycles. The minimum Gasteiger partial charge on any atom is -0.508 e. The maximum atomic E-state index is 9.70. The summed E-state index contributed by atoms with van der Waals surface area (Å²) in [5.41, 5.74) is 6.78. The molecule has 1 N–H and O–H groups in total. The Morgan fingerprint density at radius 1 is 1.04 bits per heavy atom. The lowest BCUT2D eigenvalue weighted by molar-refractivity contribution is 0.357. The number of allylic oxidation sites excluding steroid dienone is 1. The first kappa shape index (κ1) is 17.6. The van der Waals surface area contributed by atoms with E-state index < -0.39 is 0 Å². The van der Waals surface area contributed by atoms with Gasteiger partial charge in [0.1, 0.15) is 16.7 Å². The zero-order chi connectivity index (χ0) is 18.8. The Bertz CT molecular complexity index is 944. The maximum absolute atomic E-state index is 9.70. The quantitative estimate of drug-likeness (QED) is 0.465. The van der Waals surface area contributed by atoms with Crippen molar-refractivity contribution in [2.45, 2.75) is 19.8 Å². The number of fused-ring (bicyclic) bond motifs is 1. The van der Waals surface area contributed by atoms with Crippen molar-refractivity contribution in [1.29, 1.82) is 0 Å². The second-order valence-electron chi connectivity index (χ2n) is 6.54. The number of halogens is 1. The molecule has 0 atom stereocenters. The molecule has 2 heterocycles. The molecule has 0 unspecified atom stereocenters. The lowest BCUT2D eigenvalue weighted by atomic mass is 9.88. The van der Waals surface area contributed by atoms with Gasteiger partial charge in [-0.2, -0.15) is 0 Å². The summed E-state index contributed by atoms with van der Waals surface area (Å²) in [5.74, 6) is 1.23. The van der Waals surface area contributed by atoms with E-state index in [1.54, 1.807) is 24.4 Å². The molecule has 0 spiro atoms. The second kappa shape index (κ2) is 7.45. The lowest BCUT2D eigenvalue weighted by Gasteiger charge is -2.17. The largest absolute Gasteiger partial charge is 0.508 e. The van der Waals surface area contributed by atoms with Gasteiger partial charge in [-0.1, -0.05) is 36.7 Å². The van der Waals surface area contributed by atoms with Gasteiger partial charge in [0.2, 0.25) is 0 Å². The number of aromatic nitrogens is 1. The molecule has 0 bridgehead atoms. The summed E-state index contributed by atoms with van der Waals surface area (Å²) in [7, 11) is 0. The number of phenolic OH excluding ortho intramolecular Hbond substituents is 1. The van der Waals surface area contributed by atoms with Gasteiger partial charge in [-0.15, -0.1) is 0 Å². The third-order valence-electron chi connectivity index (χ3n) is 4.87. The topological polar surface area (TPSA) is 42.4 Å². The van der Waals surface area contributed by atoms with Gasteiger partial charge in [0, 0.05) is 18.2 Å². The molecule has 0 radical (unpaired) electrons. The van der Waals surface area contributed by atoms with E-state index in [-0.39, 0.29) is 5.75 Å². The molecule has 3 aromatic rings. The van der Waals surface area contributed by atoms with Gasteiger partial charge in [0.05, 0.1) is 6.61 Å². The standard InChI is InChI=1S/C23H20ClNO2/c1-2-20(16-5-9-21-17(13-16)11-12-27-21)23(15-3-7-19(26)8-4-15)18-6-10-22(24)25-14-18/h3-10,13-14,26H,2,11-12H2,1H3. The van der Waals surface area contributed by atoms with Crippen LogP contribution in [0.1, 0.15) is 35.6 Å². The Morgan fingerprint density at radius 3 is 2.48 bits per heavy atom. The van der Waals surface area contributed by atoms with E-state index in [0.29, 0.717) is 5.15 Å². The number of pyridine rings is 1. The van der Waals surface area contributed by atoms with Crippen molar-refractivity contribution in [3.8, 4) is 11.5 Å². The van der Waals surface area contributed by atoms with Crippen LogP contribution in [0.3, 0.4) is 0 Å². The van der Waals surface area contributed by atoms with Gasteiger partial charge in [0.15, 0.2) is 0 Å². The number of rotatable bonds is 4. The van der Waals surface area contributed by atoms with Crippen molar-refractivity contribution in [2.75, 3.05) is 6.61 Å². The number of aromatic hydroxyl groups is 1. The molecule has 3 nitrogen and oxygen atoms in total. The SMILES string of the molecule is CCC(=C(c1ccc(O)cc1)c1ccc(Cl)nc1)c1ccc2c(c1)CCO2. The Kier molecular flexibility index (Phi) is 4.87. The zero-order valence-electron chi connectivity index (χ0n) is 15.1. The fourth-order valence-electron chi connectivity index (χ4n) is 3.57. The van der Waals surface area contributed by atoms with Crippen LogP contribution in [0.15, 0.2) is 60.8 Å². The highest BCUT2D eigenvalue weighted by Gasteiger charge is 2.17. The number of ether oxygens (including phenoxy) is 1. The van der Waals surface area contributed by atoms with Gasteiger partial charge in [-0.3, -0.25) is 0 Å². The van der Waals surface area contributed by atoms with Crippen molar-refractivity contribution < 1.29 is 9.84 Å². The molecule has 0 amide bonds. The van der Waals surface area contributed by atoms with Crippen molar-refractivity contribution in [3.63, 3.8) is 0 Å². The van der Waals surface area contributed by atoms with Crippen LogP contribution in [0.4, 0.5) is 0 Å². The average Bonchev–Trinajstić information content (AvgIpc) is 3.16. The summed E-state index contributed by atoms with van der Waals surface area (Å²) in [5, 5.41) is 10.2. The highest BCUT2D eigenvalue weighted by atomic mass is 35.5. The van der Waals surface area contributed by atoms with Gasteiger partial charge in [-0.05, 0) is 70.7 Å². The first-order chi connectivity index (χ1) is 13.2. The first-order valence-corrected chi connectivity index (χ1v) is 9.44. The van der Waals surface area contributed by atoms with Crippen molar-refractivity contribution in [3.05, 3.63) is 88.2 Å². The molecular weight excluding hydrogens is 358 g/mol. The van der Waals surface area contributed by atoms with Crippen molar-refractivity contribution in [2.24, 2.45) is 0 Å². The molecule has 0 saturated carbocycles. The van der Waals surface area contributed by atoms with E-state index >= 15 is 0 Å². The molecule has 1 aliphatic rings. The van der Waals surface area contributed by atoms with Crippen molar-refractivity contribution >= 4 is 22.7 Å². The summed E-state index contributed by atoms with van der Waals surface area (Å²) in [4.78, 5) is 4.27. The summed E-state index contributed by atoms with van der Waals surface area (Å²) in [6.07, 6.45) is 3.60. The van der Waals surface area contributed by atoms with Crippen LogP contribution in [0.5, 0.6) is 11.5 Å². The van der Waals surface area contributed by atoms with Crippen LogP contribution in [-0.4, -0.2) is 16.7 Å². The number of benzene rings is 2. The predicted molar refractivity (Wildman–Crippen MR) is 109 cm³/mol. The molecule has 0 fully saturated rings. The lowest BCUT2D eigenvalue weighted by Crippen LogP contribution is -1.96. The van der Waals surface area contributed by atoms with Crippen LogP contribution in [0.2, 0.25) is 5.15 Å². The molecule has 136 valence electrons.